The smallest absolute Gasteiger partial charge is 0.309 e. The lowest BCUT2D eigenvalue weighted by molar-refractivity contribution is -0.166. The molecule has 1 atom stereocenters. The standard InChI is InChI=1S/C41H68O6/c1-4-7-10-13-15-17-18-19-20-21-22-24-25-28-31-34-40(43)46-37-38(36-45-39(42)33-30-27-12-9-6-3)47-41(44)35-32-29-26-23-16-14-11-8-5-2/h7,10,15,17,19-20,22,24,28,31,38H,4-6,8-9,11-14,16,18,21,23,25-27,29-30,32-37H2,1-3H3/b10-7-,17-15-,20-19-,24-22-,31-28-. The van der Waals surface area contributed by atoms with Gasteiger partial charge in [0.15, 0.2) is 6.10 Å². The predicted molar refractivity (Wildman–Crippen MR) is 196 cm³/mol. The Labute approximate surface area is 288 Å². The second-order valence-electron chi connectivity index (χ2n) is 12.1. The summed E-state index contributed by atoms with van der Waals surface area (Å²) in [5, 5.41) is 0. The quantitative estimate of drug-likeness (QED) is 0.0310. The minimum atomic E-state index is -0.803. The van der Waals surface area contributed by atoms with Crippen LogP contribution in [0.2, 0.25) is 0 Å². The first-order valence-corrected chi connectivity index (χ1v) is 18.8. The number of hydrogen-bond acceptors (Lipinski definition) is 6. The molecule has 6 nitrogen and oxygen atoms in total. The van der Waals surface area contributed by atoms with E-state index >= 15 is 0 Å². The van der Waals surface area contributed by atoms with Crippen molar-refractivity contribution in [3.63, 3.8) is 0 Å². The Bertz CT molecular complexity index is 898. The maximum Gasteiger partial charge on any atom is 0.309 e. The first kappa shape index (κ1) is 44.1. The highest BCUT2D eigenvalue weighted by Gasteiger charge is 2.19. The summed E-state index contributed by atoms with van der Waals surface area (Å²) in [5.41, 5.74) is 0. The molecule has 0 aromatic heterocycles. The molecule has 0 N–H and O–H groups in total. The maximum atomic E-state index is 12.5. The fourth-order valence-electron chi connectivity index (χ4n) is 4.75. The first-order valence-electron chi connectivity index (χ1n) is 18.8. The van der Waals surface area contributed by atoms with Gasteiger partial charge in [0.25, 0.3) is 0 Å². The van der Waals surface area contributed by atoms with Gasteiger partial charge in [0.2, 0.25) is 0 Å². The highest BCUT2D eigenvalue weighted by atomic mass is 16.6. The van der Waals surface area contributed by atoms with Gasteiger partial charge < -0.3 is 14.2 Å². The molecule has 0 saturated heterocycles. The van der Waals surface area contributed by atoms with Gasteiger partial charge in [-0.1, -0.05) is 159 Å². The Kier molecular flexibility index (Phi) is 33.7. The van der Waals surface area contributed by atoms with E-state index < -0.39 is 12.1 Å². The Balaban J connectivity index is 4.44. The number of esters is 3. The molecule has 0 amide bonds. The van der Waals surface area contributed by atoms with Crippen molar-refractivity contribution in [1.29, 1.82) is 0 Å². The number of rotatable bonds is 32. The van der Waals surface area contributed by atoms with Crippen LogP contribution in [0.15, 0.2) is 60.8 Å². The van der Waals surface area contributed by atoms with Gasteiger partial charge in [0.05, 0.1) is 6.42 Å². The summed E-state index contributed by atoms with van der Waals surface area (Å²) in [6, 6.07) is 0. The zero-order valence-electron chi connectivity index (χ0n) is 30.3. The summed E-state index contributed by atoms with van der Waals surface area (Å²) in [5.74, 6) is -1.07. The second-order valence-corrected chi connectivity index (χ2v) is 12.1. The predicted octanol–water partition coefficient (Wildman–Crippen LogP) is 11.4. The zero-order chi connectivity index (χ0) is 34.5. The number of unbranched alkanes of at least 4 members (excludes halogenated alkanes) is 12. The van der Waals surface area contributed by atoms with Crippen LogP contribution in [0.25, 0.3) is 0 Å². The molecule has 0 aliphatic carbocycles. The van der Waals surface area contributed by atoms with Crippen LogP contribution in [-0.4, -0.2) is 37.2 Å². The van der Waals surface area contributed by atoms with Crippen LogP contribution in [0.4, 0.5) is 0 Å². The van der Waals surface area contributed by atoms with Crippen molar-refractivity contribution in [3.8, 4) is 0 Å². The molecule has 0 bridgehead atoms. The molecule has 47 heavy (non-hydrogen) atoms. The monoisotopic (exact) mass is 657 g/mol. The normalized spacial score (nSPS) is 12.7. The minimum absolute atomic E-state index is 0.105. The molecule has 0 heterocycles. The van der Waals surface area contributed by atoms with E-state index in [0.29, 0.717) is 12.8 Å². The van der Waals surface area contributed by atoms with E-state index in [0.717, 1.165) is 83.5 Å². The molecule has 0 aliphatic heterocycles. The lowest BCUT2D eigenvalue weighted by Gasteiger charge is -2.18. The van der Waals surface area contributed by atoms with Gasteiger partial charge in [-0.25, -0.2) is 0 Å². The molecule has 0 fully saturated rings. The van der Waals surface area contributed by atoms with Crippen molar-refractivity contribution in [3.05, 3.63) is 60.8 Å². The molecule has 1 unspecified atom stereocenters. The molecular weight excluding hydrogens is 588 g/mol. The number of carbonyl (C=O) groups is 3. The van der Waals surface area contributed by atoms with E-state index in [-0.39, 0.29) is 31.6 Å². The summed E-state index contributed by atoms with van der Waals surface area (Å²) in [7, 11) is 0. The van der Waals surface area contributed by atoms with Gasteiger partial charge in [-0.3, -0.25) is 14.4 Å². The molecule has 0 aromatic rings. The maximum absolute atomic E-state index is 12.5. The van der Waals surface area contributed by atoms with Gasteiger partial charge in [0.1, 0.15) is 13.2 Å². The first-order chi connectivity index (χ1) is 23.0. The third-order valence-electron chi connectivity index (χ3n) is 7.57. The molecule has 0 aliphatic rings. The van der Waals surface area contributed by atoms with Crippen LogP contribution in [0.3, 0.4) is 0 Å². The fraction of sp³-hybridized carbons (Fsp3) is 0.683. The van der Waals surface area contributed by atoms with E-state index in [1.165, 1.54) is 38.5 Å². The molecular formula is C41H68O6. The Hall–Kier alpha value is -2.89. The van der Waals surface area contributed by atoms with Crippen LogP contribution in [-0.2, 0) is 28.6 Å². The highest BCUT2D eigenvalue weighted by Crippen LogP contribution is 2.12. The van der Waals surface area contributed by atoms with Crippen molar-refractivity contribution in [2.75, 3.05) is 13.2 Å². The van der Waals surface area contributed by atoms with E-state index in [2.05, 4.69) is 69.4 Å². The van der Waals surface area contributed by atoms with Gasteiger partial charge in [-0.2, -0.15) is 0 Å². The van der Waals surface area contributed by atoms with E-state index in [9.17, 15) is 14.4 Å². The lowest BCUT2D eigenvalue weighted by Crippen LogP contribution is -2.30. The van der Waals surface area contributed by atoms with E-state index in [1.807, 2.05) is 6.08 Å². The second kappa shape index (κ2) is 36.0. The highest BCUT2D eigenvalue weighted by molar-refractivity contribution is 5.72. The van der Waals surface area contributed by atoms with Crippen LogP contribution < -0.4 is 0 Å². The van der Waals surface area contributed by atoms with Crippen LogP contribution in [0.1, 0.15) is 162 Å². The fourth-order valence-corrected chi connectivity index (χ4v) is 4.75. The Morgan fingerprint density at radius 2 is 0.830 bits per heavy atom. The summed E-state index contributed by atoms with van der Waals surface area (Å²) in [4.78, 5) is 37.1. The van der Waals surface area contributed by atoms with Gasteiger partial charge >= 0.3 is 17.9 Å². The lowest BCUT2D eigenvalue weighted by atomic mass is 10.1. The van der Waals surface area contributed by atoms with E-state index in [4.69, 9.17) is 14.2 Å². The van der Waals surface area contributed by atoms with Crippen LogP contribution in [0, 0.1) is 0 Å². The van der Waals surface area contributed by atoms with Crippen LogP contribution in [0.5, 0.6) is 0 Å². The SMILES string of the molecule is CC/C=C\C/C=C\C/C=C\C/C=C\C/C=C\CC(=O)OCC(COC(=O)CCCCCCC)OC(=O)CCCCCCCCCCC. The number of carbonyl (C=O) groups excluding carboxylic acids is 3. The van der Waals surface area contributed by atoms with Crippen molar-refractivity contribution in [2.45, 2.75) is 168 Å². The summed E-state index contributed by atoms with van der Waals surface area (Å²) >= 11 is 0. The molecule has 6 heteroatoms. The number of allylic oxidation sites excluding steroid dienone is 9. The molecule has 268 valence electrons. The van der Waals surface area contributed by atoms with Crippen molar-refractivity contribution in [1.82, 2.24) is 0 Å². The van der Waals surface area contributed by atoms with Gasteiger partial charge in [0, 0.05) is 12.8 Å². The number of ether oxygens (including phenoxy) is 3. The van der Waals surface area contributed by atoms with E-state index in [1.54, 1.807) is 6.08 Å². The van der Waals surface area contributed by atoms with Crippen molar-refractivity contribution >= 4 is 17.9 Å². The average molecular weight is 657 g/mol. The molecule has 0 saturated carbocycles. The Morgan fingerprint density at radius 1 is 0.447 bits per heavy atom. The summed E-state index contributed by atoms with van der Waals surface area (Å²) < 4.78 is 16.4. The minimum Gasteiger partial charge on any atom is -0.462 e. The van der Waals surface area contributed by atoms with Gasteiger partial charge in [-0.05, 0) is 44.9 Å². The van der Waals surface area contributed by atoms with Gasteiger partial charge in [-0.15, -0.1) is 0 Å². The molecule has 0 spiro atoms. The molecule has 0 radical (unpaired) electrons. The van der Waals surface area contributed by atoms with Crippen LogP contribution >= 0.6 is 0 Å². The number of hydrogen-bond donors (Lipinski definition) is 0. The average Bonchev–Trinajstić information content (AvgIpc) is 3.06. The zero-order valence-corrected chi connectivity index (χ0v) is 30.3. The topological polar surface area (TPSA) is 78.9 Å². The third kappa shape index (κ3) is 34.3. The Morgan fingerprint density at radius 3 is 1.30 bits per heavy atom. The summed E-state index contributed by atoms with van der Waals surface area (Å²) in [6.45, 7) is 6.28. The largest absolute Gasteiger partial charge is 0.462 e. The van der Waals surface area contributed by atoms with Crippen molar-refractivity contribution < 1.29 is 28.6 Å². The molecule has 0 rings (SSSR count). The summed E-state index contributed by atoms with van der Waals surface area (Å²) in [6.07, 6.45) is 41.2. The third-order valence-corrected chi connectivity index (χ3v) is 7.57. The van der Waals surface area contributed by atoms with Crippen molar-refractivity contribution in [2.24, 2.45) is 0 Å². The molecule has 0 aromatic carbocycles.